The van der Waals surface area contributed by atoms with Crippen LogP contribution in [0, 0.1) is 46.3 Å². The Balaban J connectivity index is 1.10. The Labute approximate surface area is 298 Å². The number of unbranched alkanes of at least 4 members (excludes halogenated alkanes) is 10. The molecule has 3 heteroatoms. The maximum absolute atomic E-state index is 12.8. The van der Waals surface area contributed by atoms with Crippen molar-refractivity contribution < 1.29 is 14.6 Å². The maximum Gasteiger partial charge on any atom is 0.306 e. The van der Waals surface area contributed by atoms with Gasteiger partial charge >= 0.3 is 5.97 Å². The van der Waals surface area contributed by atoms with E-state index in [-0.39, 0.29) is 18.2 Å². The zero-order chi connectivity index (χ0) is 34.6. The van der Waals surface area contributed by atoms with E-state index >= 15 is 0 Å². The molecule has 48 heavy (non-hydrogen) atoms. The van der Waals surface area contributed by atoms with E-state index in [4.69, 9.17) is 4.74 Å². The molecule has 0 heterocycles. The number of esters is 1. The Morgan fingerprint density at radius 1 is 0.792 bits per heavy atom. The monoisotopic (exact) mass is 669 g/mol. The van der Waals surface area contributed by atoms with Gasteiger partial charge in [0.05, 0.1) is 6.10 Å². The van der Waals surface area contributed by atoms with Crippen molar-refractivity contribution in [3.8, 4) is 0 Å². The van der Waals surface area contributed by atoms with Crippen molar-refractivity contribution in [2.24, 2.45) is 46.3 Å². The van der Waals surface area contributed by atoms with Gasteiger partial charge in [0.25, 0.3) is 0 Å². The summed E-state index contributed by atoms with van der Waals surface area (Å²) in [5.74, 6) is 5.26. The smallest absolute Gasteiger partial charge is 0.306 e. The summed E-state index contributed by atoms with van der Waals surface area (Å²) in [5, 5.41) is 10.1. The van der Waals surface area contributed by atoms with Gasteiger partial charge in [0.2, 0.25) is 0 Å². The summed E-state index contributed by atoms with van der Waals surface area (Å²) in [6.07, 6.45) is 34.3. The van der Waals surface area contributed by atoms with E-state index in [1.165, 1.54) is 116 Å². The number of aliphatic hydroxyl groups is 1. The fraction of sp³-hybridized carbons (Fsp3) is 0.933. The van der Waals surface area contributed by atoms with Crippen molar-refractivity contribution in [3.63, 3.8) is 0 Å². The third-order valence-corrected chi connectivity index (χ3v) is 14.6. The first-order valence-corrected chi connectivity index (χ1v) is 21.7. The first-order chi connectivity index (χ1) is 23.1. The molecule has 0 aromatic rings. The molecule has 0 aromatic heterocycles. The van der Waals surface area contributed by atoms with E-state index in [9.17, 15) is 9.90 Å². The highest BCUT2D eigenvalue weighted by molar-refractivity contribution is 5.69. The molecule has 0 radical (unpaired) electrons. The Kier molecular flexibility index (Phi) is 16.4. The van der Waals surface area contributed by atoms with Crippen LogP contribution in [-0.2, 0) is 9.53 Å². The molecule has 4 aliphatic carbocycles. The third kappa shape index (κ3) is 10.8. The van der Waals surface area contributed by atoms with Crippen molar-refractivity contribution in [3.05, 3.63) is 11.6 Å². The van der Waals surface area contributed by atoms with Crippen LogP contribution in [0.3, 0.4) is 0 Å². The Morgan fingerprint density at radius 2 is 1.46 bits per heavy atom. The van der Waals surface area contributed by atoms with Crippen molar-refractivity contribution in [1.82, 2.24) is 0 Å². The van der Waals surface area contributed by atoms with E-state index < -0.39 is 0 Å². The van der Waals surface area contributed by atoms with Crippen molar-refractivity contribution in [2.75, 3.05) is 0 Å². The summed E-state index contributed by atoms with van der Waals surface area (Å²) in [5.41, 5.74) is 2.50. The van der Waals surface area contributed by atoms with E-state index in [0.717, 1.165) is 80.5 Å². The zero-order valence-corrected chi connectivity index (χ0v) is 32.8. The average Bonchev–Trinajstić information content (AvgIpc) is 3.41. The first-order valence-electron chi connectivity index (χ1n) is 21.7. The second kappa shape index (κ2) is 19.7. The van der Waals surface area contributed by atoms with Crippen LogP contribution in [0.4, 0.5) is 0 Å². The molecule has 9 atom stereocenters. The molecule has 0 aliphatic heterocycles. The number of carbonyl (C=O) groups is 1. The van der Waals surface area contributed by atoms with Gasteiger partial charge in [-0.3, -0.25) is 4.79 Å². The van der Waals surface area contributed by atoms with Gasteiger partial charge < -0.3 is 9.84 Å². The largest absolute Gasteiger partial charge is 0.462 e. The minimum absolute atomic E-state index is 0.0408. The van der Waals surface area contributed by atoms with Gasteiger partial charge in [0.15, 0.2) is 0 Å². The van der Waals surface area contributed by atoms with Crippen LogP contribution in [0.2, 0.25) is 0 Å². The molecule has 0 spiro atoms. The summed E-state index contributed by atoms with van der Waals surface area (Å²) in [7, 11) is 0. The fourth-order valence-electron chi connectivity index (χ4n) is 11.7. The lowest BCUT2D eigenvalue weighted by Crippen LogP contribution is -2.51. The summed E-state index contributed by atoms with van der Waals surface area (Å²) < 4.78 is 6.12. The standard InChI is InChI=1S/C45H80O3/c1-7-8-9-16-22-37(46)23-17-14-12-10-11-13-15-18-24-43(47)48-38-29-31-44(5)36(33-38)25-26-39-41-28-27-40(35(4)21-19-20-34(2)3)45(41,6)32-30-42(39)44/h25,34-35,37-42,46H,7-24,26-33H2,1-6H3. The van der Waals surface area contributed by atoms with E-state index in [0.29, 0.717) is 17.3 Å². The van der Waals surface area contributed by atoms with Gasteiger partial charge in [-0.25, -0.2) is 0 Å². The highest BCUT2D eigenvalue weighted by Gasteiger charge is 2.59. The highest BCUT2D eigenvalue weighted by atomic mass is 16.5. The molecule has 0 bridgehead atoms. The van der Waals surface area contributed by atoms with E-state index in [1.54, 1.807) is 5.57 Å². The van der Waals surface area contributed by atoms with Crippen LogP contribution in [0.1, 0.15) is 208 Å². The molecule has 3 nitrogen and oxygen atoms in total. The van der Waals surface area contributed by atoms with Crippen molar-refractivity contribution in [1.29, 1.82) is 0 Å². The molecule has 3 fully saturated rings. The summed E-state index contributed by atoms with van der Waals surface area (Å²) in [4.78, 5) is 12.8. The molecule has 1 N–H and O–H groups in total. The lowest BCUT2D eigenvalue weighted by molar-refractivity contribution is -0.151. The maximum atomic E-state index is 12.8. The Hall–Kier alpha value is -0.830. The number of carbonyl (C=O) groups excluding carboxylic acids is 1. The summed E-state index contributed by atoms with van der Waals surface area (Å²) in [6.45, 7) is 14.9. The summed E-state index contributed by atoms with van der Waals surface area (Å²) in [6, 6.07) is 0. The molecule has 9 unspecified atom stereocenters. The molecule has 0 saturated heterocycles. The van der Waals surface area contributed by atoms with Crippen LogP contribution >= 0.6 is 0 Å². The molecule has 0 aromatic carbocycles. The lowest BCUT2D eigenvalue weighted by Gasteiger charge is -2.58. The van der Waals surface area contributed by atoms with Gasteiger partial charge in [-0.15, -0.1) is 0 Å². The molecular formula is C45H80O3. The van der Waals surface area contributed by atoms with Crippen LogP contribution in [-0.4, -0.2) is 23.3 Å². The van der Waals surface area contributed by atoms with Crippen LogP contribution in [0.25, 0.3) is 0 Å². The highest BCUT2D eigenvalue weighted by Crippen LogP contribution is 2.67. The van der Waals surface area contributed by atoms with Gasteiger partial charge in [-0.1, -0.05) is 143 Å². The number of allylic oxidation sites excluding steroid dienone is 1. The molecule has 0 amide bonds. The van der Waals surface area contributed by atoms with E-state index in [1.807, 2.05) is 0 Å². The predicted molar refractivity (Wildman–Crippen MR) is 204 cm³/mol. The van der Waals surface area contributed by atoms with Gasteiger partial charge in [-0.05, 0) is 111 Å². The molecule has 4 rings (SSSR count). The Morgan fingerprint density at radius 3 is 2.15 bits per heavy atom. The number of rotatable bonds is 22. The zero-order valence-electron chi connectivity index (χ0n) is 32.8. The van der Waals surface area contributed by atoms with E-state index in [2.05, 4.69) is 47.6 Å². The number of hydrogen-bond acceptors (Lipinski definition) is 3. The minimum Gasteiger partial charge on any atom is -0.462 e. The van der Waals surface area contributed by atoms with Crippen molar-refractivity contribution in [2.45, 2.75) is 221 Å². The number of aliphatic hydroxyl groups excluding tert-OH is 1. The molecule has 278 valence electrons. The lowest BCUT2D eigenvalue weighted by atomic mass is 9.47. The second-order valence-corrected chi connectivity index (χ2v) is 18.5. The van der Waals surface area contributed by atoms with Crippen LogP contribution in [0.5, 0.6) is 0 Å². The number of hydrogen-bond donors (Lipinski definition) is 1. The van der Waals surface area contributed by atoms with Gasteiger partial charge in [0.1, 0.15) is 6.10 Å². The SMILES string of the molecule is CCCCCCC(O)CCCCCCCCCCC(=O)OC1CCC2(C)C(=CCC3C2CCC2(C)C(C(C)CCCC(C)C)CCC32)C1. The second-order valence-electron chi connectivity index (χ2n) is 18.5. The number of ether oxygens (including phenoxy) is 1. The third-order valence-electron chi connectivity index (χ3n) is 14.6. The molecule has 3 saturated carbocycles. The van der Waals surface area contributed by atoms with Crippen molar-refractivity contribution >= 4 is 5.97 Å². The molecular weight excluding hydrogens is 588 g/mol. The van der Waals surface area contributed by atoms with Crippen LogP contribution in [0.15, 0.2) is 11.6 Å². The fourth-order valence-corrected chi connectivity index (χ4v) is 11.7. The average molecular weight is 669 g/mol. The number of fused-ring (bicyclic) bond motifs is 5. The minimum atomic E-state index is -0.0850. The normalized spacial score (nSPS) is 32.7. The quantitative estimate of drug-likeness (QED) is 0.0709. The predicted octanol–water partition coefficient (Wildman–Crippen LogP) is 13.2. The molecule has 4 aliphatic rings. The van der Waals surface area contributed by atoms with Crippen LogP contribution < -0.4 is 0 Å². The Bertz CT molecular complexity index is 969. The topological polar surface area (TPSA) is 46.5 Å². The first kappa shape index (κ1) is 39.9. The van der Waals surface area contributed by atoms with Gasteiger partial charge in [0, 0.05) is 12.8 Å². The summed E-state index contributed by atoms with van der Waals surface area (Å²) >= 11 is 0. The van der Waals surface area contributed by atoms with Gasteiger partial charge in [-0.2, -0.15) is 0 Å².